The van der Waals surface area contributed by atoms with Crippen LogP contribution in [0, 0.1) is 28.6 Å². The number of pyridine rings is 1. The molecule has 202 valence electrons. The molecule has 4 aromatic rings. The van der Waals surface area contributed by atoms with E-state index in [9.17, 15) is 18.9 Å². The van der Waals surface area contributed by atoms with Crippen LogP contribution in [0.3, 0.4) is 0 Å². The molecular weight excluding hydrogens is 524 g/mol. The van der Waals surface area contributed by atoms with Crippen molar-refractivity contribution in [3.63, 3.8) is 0 Å². The number of aromatic nitrogens is 2. The van der Waals surface area contributed by atoms with Crippen LogP contribution in [0.25, 0.3) is 22.2 Å². The van der Waals surface area contributed by atoms with Crippen LogP contribution in [0.15, 0.2) is 60.8 Å². The van der Waals surface area contributed by atoms with Crippen molar-refractivity contribution in [3.8, 4) is 35.0 Å². The van der Waals surface area contributed by atoms with Gasteiger partial charge >= 0.3 is 0 Å². The molecule has 2 heterocycles. The lowest BCUT2D eigenvalue weighted by Gasteiger charge is -2.30. The van der Waals surface area contributed by atoms with Gasteiger partial charge < -0.3 is 9.30 Å². The SMILES string of the molecule is C[C@H](NS(=O)(=O)Nc1ccc(-c2c(C#N)c3ccc(Oc4ncccc4C#N)cc3n2C2CCC2)cc1)C1CC1. The van der Waals surface area contributed by atoms with E-state index in [1.807, 2.05) is 31.2 Å². The van der Waals surface area contributed by atoms with E-state index in [4.69, 9.17) is 4.74 Å². The van der Waals surface area contributed by atoms with Crippen molar-refractivity contribution in [1.82, 2.24) is 14.3 Å². The first-order valence-electron chi connectivity index (χ1n) is 13.4. The average molecular weight is 553 g/mol. The third-order valence-corrected chi connectivity index (χ3v) is 8.90. The van der Waals surface area contributed by atoms with Crippen molar-refractivity contribution in [2.24, 2.45) is 5.92 Å². The van der Waals surface area contributed by atoms with Crippen molar-refractivity contribution in [3.05, 3.63) is 71.9 Å². The predicted octanol–water partition coefficient (Wildman–Crippen LogP) is 6.01. The highest BCUT2D eigenvalue weighted by Crippen LogP contribution is 2.44. The van der Waals surface area contributed by atoms with Crippen molar-refractivity contribution in [2.75, 3.05) is 4.72 Å². The molecule has 2 aliphatic carbocycles. The molecule has 0 spiro atoms. The van der Waals surface area contributed by atoms with Gasteiger partial charge in [0, 0.05) is 35.4 Å². The van der Waals surface area contributed by atoms with Gasteiger partial charge in [-0.3, -0.25) is 4.72 Å². The molecule has 1 atom stereocenters. The van der Waals surface area contributed by atoms with Crippen molar-refractivity contribution >= 4 is 26.8 Å². The van der Waals surface area contributed by atoms with Gasteiger partial charge in [-0.05, 0) is 86.9 Å². The van der Waals surface area contributed by atoms with Gasteiger partial charge in [-0.25, -0.2) is 4.98 Å². The Morgan fingerprint density at radius 2 is 1.82 bits per heavy atom. The highest BCUT2D eigenvalue weighted by Gasteiger charge is 2.31. The normalized spacial score (nSPS) is 16.1. The van der Waals surface area contributed by atoms with Gasteiger partial charge in [0.05, 0.1) is 16.8 Å². The van der Waals surface area contributed by atoms with Crippen LogP contribution in [-0.4, -0.2) is 24.0 Å². The molecule has 9 nitrogen and oxygen atoms in total. The largest absolute Gasteiger partial charge is 0.438 e. The Morgan fingerprint density at radius 1 is 1.05 bits per heavy atom. The number of rotatable bonds is 9. The van der Waals surface area contributed by atoms with E-state index in [1.165, 1.54) is 0 Å². The maximum atomic E-state index is 12.6. The van der Waals surface area contributed by atoms with E-state index in [1.54, 1.807) is 36.5 Å². The Morgan fingerprint density at radius 3 is 2.48 bits per heavy atom. The van der Waals surface area contributed by atoms with Crippen LogP contribution in [-0.2, 0) is 10.2 Å². The quantitative estimate of drug-likeness (QED) is 0.261. The summed E-state index contributed by atoms with van der Waals surface area (Å²) in [6.07, 6.45) is 6.76. The fraction of sp³-hybridized carbons (Fsp3) is 0.300. The van der Waals surface area contributed by atoms with Crippen LogP contribution < -0.4 is 14.2 Å². The zero-order chi connectivity index (χ0) is 27.9. The standard InChI is InChI=1S/C30H28N6O3S/c1-19(20-7-8-20)34-40(37,38)35-23-11-9-21(10-12-23)29-27(18-32)26-14-13-25(16-28(26)36(29)24-5-2-6-24)39-30-22(17-31)4-3-15-33-30/h3-4,9-16,19-20,24,34-35H,2,5-8H2,1H3/t19-/m0/s1. The fourth-order valence-corrected chi connectivity index (χ4v) is 6.45. The third kappa shape index (κ3) is 5.00. The highest BCUT2D eigenvalue weighted by molar-refractivity contribution is 7.90. The molecule has 40 heavy (non-hydrogen) atoms. The van der Waals surface area contributed by atoms with Crippen molar-refractivity contribution < 1.29 is 13.2 Å². The minimum atomic E-state index is -3.70. The molecule has 0 bridgehead atoms. The smallest absolute Gasteiger partial charge is 0.299 e. The second kappa shape index (κ2) is 10.3. The monoisotopic (exact) mass is 552 g/mol. The predicted molar refractivity (Wildman–Crippen MR) is 152 cm³/mol. The van der Waals surface area contributed by atoms with E-state index < -0.39 is 10.2 Å². The first kappa shape index (κ1) is 25.9. The maximum absolute atomic E-state index is 12.6. The number of nitriles is 2. The number of nitrogens with zero attached hydrogens (tertiary/aromatic N) is 4. The number of nitrogens with one attached hydrogen (secondary N) is 2. The summed E-state index contributed by atoms with van der Waals surface area (Å²) in [7, 11) is -3.70. The molecule has 0 aliphatic heterocycles. The van der Waals surface area contributed by atoms with Gasteiger partial charge in [0.1, 0.15) is 23.5 Å². The van der Waals surface area contributed by atoms with Crippen LogP contribution in [0.4, 0.5) is 5.69 Å². The maximum Gasteiger partial charge on any atom is 0.299 e. The minimum absolute atomic E-state index is 0.105. The van der Waals surface area contributed by atoms with Crippen LogP contribution in [0.5, 0.6) is 11.6 Å². The Kier molecular flexibility index (Phi) is 6.67. The summed E-state index contributed by atoms with van der Waals surface area (Å²) >= 11 is 0. The van der Waals surface area contributed by atoms with E-state index in [0.29, 0.717) is 28.5 Å². The first-order valence-corrected chi connectivity index (χ1v) is 14.9. The summed E-state index contributed by atoms with van der Waals surface area (Å²) in [6, 6.07) is 20.6. The summed E-state index contributed by atoms with van der Waals surface area (Å²) in [5, 5.41) is 20.5. The average Bonchev–Trinajstić information content (AvgIpc) is 3.72. The number of anilines is 1. The lowest BCUT2D eigenvalue weighted by molar-refractivity contribution is 0.324. The number of hydrogen-bond donors (Lipinski definition) is 2. The van der Waals surface area contributed by atoms with Gasteiger partial charge in [-0.1, -0.05) is 12.1 Å². The topological polar surface area (TPSA) is 133 Å². The lowest BCUT2D eigenvalue weighted by atomic mass is 9.92. The molecule has 0 radical (unpaired) electrons. The van der Waals surface area contributed by atoms with Crippen molar-refractivity contribution in [2.45, 2.75) is 51.1 Å². The highest BCUT2D eigenvalue weighted by atomic mass is 32.2. The number of hydrogen-bond acceptors (Lipinski definition) is 6. The molecule has 2 aromatic carbocycles. The third-order valence-electron chi connectivity index (χ3n) is 7.71. The van der Waals surface area contributed by atoms with E-state index in [0.717, 1.165) is 54.3 Å². The molecule has 6 rings (SSSR count). The van der Waals surface area contributed by atoms with E-state index in [-0.39, 0.29) is 18.0 Å². The number of ether oxygens (including phenoxy) is 1. The Bertz CT molecular complexity index is 1780. The van der Waals surface area contributed by atoms with E-state index >= 15 is 0 Å². The van der Waals surface area contributed by atoms with Crippen molar-refractivity contribution in [1.29, 1.82) is 10.5 Å². The summed E-state index contributed by atoms with van der Waals surface area (Å²) in [5.74, 6) is 1.15. The zero-order valence-electron chi connectivity index (χ0n) is 22.0. The molecule has 2 fully saturated rings. The molecule has 0 saturated heterocycles. The number of fused-ring (bicyclic) bond motifs is 1. The molecule has 10 heteroatoms. The second-order valence-electron chi connectivity index (χ2n) is 10.5. The Hall–Kier alpha value is -4.38. The van der Waals surface area contributed by atoms with Gasteiger partial charge in [0.25, 0.3) is 10.2 Å². The molecule has 2 aliphatic rings. The van der Waals surface area contributed by atoms with E-state index in [2.05, 4.69) is 31.1 Å². The van der Waals surface area contributed by atoms with Gasteiger partial charge in [0.15, 0.2) is 0 Å². The molecule has 2 aromatic heterocycles. The van der Waals surface area contributed by atoms with Crippen LogP contribution in [0.2, 0.25) is 0 Å². The zero-order valence-corrected chi connectivity index (χ0v) is 22.8. The fourth-order valence-electron chi connectivity index (χ4n) is 5.26. The summed E-state index contributed by atoms with van der Waals surface area (Å²) < 4.78 is 38.7. The Balaban J connectivity index is 1.36. The second-order valence-corrected chi connectivity index (χ2v) is 11.9. The first-order chi connectivity index (χ1) is 19.4. The van der Waals surface area contributed by atoms with Crippen LogP contribution in [0.1, 0.15) is 56.2 Å². The summed E-state index contributed by atoms with van der Waals surface area (Å²) in [6.45, 7) is 1.89. The molecule has 0 amide bonds. The molecule has 2 saturated carbocycles. The van der Waals surface area contributed by atoms with Crippen LogP contribution >= 0.6 is 0 Å². The summed E-state index contributed by atoms with van der Waals surface area (Å²) in [5.41, 5.74) is 3.82. The molecule has 0 unspecified atom stereocenters. The lowest BCUT2D eigenvalue weighted by Crippen LogP contribution is -2.38. The Labute approximate surface area is 233 Å². The molecule has 2 N–H and O–H groups in total. The van der Waals surface area contributed by atoms with Gasteiger partial charge in [-0.15, -0.1) is 0 Å². The minimum Gasteiger partial charge on any atom is -0.438 e. The number of benzene rings is 2. The van der Waals surface area contributed by atoms with Gasteiger partial charge in [-0.2, -0.15) is 23.7 Å². The van der Waals surface area contributed by atoms with Gasteiger partial charge in [0.2, 0.25) is 5.88 Å². The summed E-state index contributed by atoms with van der Waals surface area (Å²) in [4.78, 5) is 4.20. The molecular formula is C30H28N6O3S.